The molecule has 3 atom stereocenters. The fourth-order valence-corrected chi connectivity index (χ4v) is 3.76. The zero-order valence-electron chi connectivity index (χ0n) is 16.9. The molecule has 0 amide bonds. The van der Waals surface area contributed by atoms with Gasteiger partial charge in [0.2, 0.25) is 0 Å². The van der Waals surface area contributed by atoms with Crippen molar-refractivity contribution in [1.29, 1.82) is 0 Å². The highest BCUT2D eigenvalue weighted by Gasteiger charge is 2.28. The first-order chi connectivity index (χ1) is 14.8. The molecule has 0 bridgehead atoms. The molecule has 6 nitrogen and oxygen atoms in total. The van der Waals surface area contributed by atoms with E-state index < -0.39 is 0 Å². The highest BCUT2D eigenvalue weighted by molar-refractivity contribution is 5.68. The van der Waals surface area contributed by atoms with Crippen molar-refractivity contribution in [2.24, 2.45) is 0 Å². The van der Waals surface area contributed by atoms with E-state index in [4.69, 9.17) is 28.4 Å². The van der Waals surface area contributed by atoms with E-state index in [0.29, 0.717) is 32.0 Å². The fraction of sp³-hybridized carbons (Fsp3) is 0.500. The summed E-state index contributed by atoms with van der Waals surface area (Å²) in [5.74, 6) is 1.87. The maximum absolute atomic E-state index is 6.14. The Balaban J connectivity index is 1.27. The second kappa shape index (κ2) is 7.85. The molecule has 0 saturated carbocycles. The van der Waals surface area contributed by atoms with Crippen LogP contribution in [0.4, 0.5) is 0 Å². The topological polar surface area (TPSA) is 65.3 Å². The lowest BCUT2D eigenvalue weighted by Crippen LogP contribution is -2.38. The third kappa shape index (κ3) is 4.47. The van der Waals surface area contributed by atoms with Gasteiger partial charge in [-0.05, 0) is 46.5 Å². The Labute approximate surface area is 176 Å². The van der Waals surface area contributed by atoms with Gasteiger partial charge in [0.05, 0.1) is 45.2 Å². The zero-order valence-corrected chi connectivity index (χ0v) is 16.9. The van der Waals surface area contributed by atoms with Gasteiger partial charge in [0, 0.05) is 12.8 Å². The molecule has 6 rings (SSSR count). The first-order valence-electron chi connectivity index (χ1n) is 10.8. The number of rotatable bonds is 10. The molecule has 4 heterocycles. The lowest BCUT2D eigenvalue weighted by molar-refractivity contribution is -0.0800. The predicted octanol–water partition coefficient (Wildman–Crippen LogP) is 2.79. The van der Waals surface area contributed by atoms with E-state index >= 15 is 0 Å². The molecule has 4 aliphatic heterocycles. The maximum atomic E-state index is 6.14. The summed E-state index contributed by atoms with van der Waals surface area (Å²) in [6.45, 7) is 4.41. The van der Waals surface area contributed by atoms with Crippen molar-refractivity contribution < 1.29 is 28.4 Å². The minimum atomic E-state index is 0.159. The molecule has 4 fully saturated rings. The van der Waals surface area contributed by atoms with Crippen LogP contribution in [0.2, 0.25) is 0 Å². The number of ether oxygens (including phenoxy) is 6. The molecule has 2 aromatic carbocycles. The molecule has 0 N–H and O–H groups in total. The summed E-state index contributed by atoms with van der Waals surface area (Å²) in [7, 11) is 0. The fourth-order valence-electron chi connectivity index (χ4n) is 3.76. The Bertz CT molecular complexity index is 912. The molecule has 0 radical (unpaired) electrons. The SMILES string of the molecule is c1cc(OCC2CO2)c(CC2CO2)cc1-c1ccc(OC2COC2)c(CC2CO2)c1. The second-order valence-electron chi connectivity index (χ2n) is 8.51. The van der Waals surface area contributed by atoms with E-state index in [1.54, 1.807) is 0 Å². The average molecular weight is 410 g/mol. The van der Waals surface area contributed by atoms with E-state index in [1.165, 1.54) is 22.3 Å². The van der Waals surface area contributed by atoms with Crippen LogP contribution in [0.25, 0.3) is 11.1 Å². The van der Waals surface area contributed by atoms with Crippen molar-refractivity contribution in [1.82, 2.24) is 0 Å². The van der Waals surface area contributed by atoms with Crippen LogP contribution in [0.15, 0.2) is 36.4 Å². The van der Waals surface area contributed by atoms with Gasteiger partial charge in [0.25, 0.3) is 0 Å². The minimum Gasteiger partial charge on any atom is -0.491 e. The normalized spacial score (nSPS) is 26.7. The van der Waals surface area contributed by atoms with Crippen molar-refractivity contribution in [3.63, 3.8) is 0 Å². The Morgan fingerprint density at radius 2 is 1.27 bits per heavy atom. The van der Waals surface area contributed by atoms with E-state index in [9.17, 15) is 0 Å². The van der Waals surface area contributed by atoms with Gasteiger partial charge >= 0.3 is 0 Å². The molecule has 3 unspecified atom stereocenters. The van der Waals surface area contributed by atoms with Gasteiger partial charge in [-0.1, -0.05) is 12.1 Å². The van der Waals surface area contributed by atoms with Crippen LogP contribution < -0.4 is 9.47 Å². The molecule has 4 aliphatic rings. The largest absolute Gasteiger partial charge is 0.491 e. The quantitative estimate of drug-likeness (QED) is 0.561. The molecule has 6 heteroatoms. The number of benzene rings is 2. The van der Waals surface area contributed by atoms with Crippen LogP contribution >= 0.6 is 0 Å². The Morgan fingerprint density at radius 1 is 0.700 bits per heavy atom. The van der Waals surface area contributed by atoms with Crippen molar-refractivity contribution >= 4 is 0 Å². The Kier molecular flexibility index (Phi) is 4.88. The Hall–Kier alpha value is -2.12. The highest BCUT2D eigenvalue weighted by atomic mass is 16.6. The summed E-state index contributed by atoms with van der Waals surface area (Å²) in [5.41, 5.74) is 4.74. The molecular weight excluding hydrogens is 384 g/mol. The molecule has 2 aromatic rings. The molecule has 0 aliphatic carbocycles. The summed E-state index contributed by atoms with van der Waals surface area (Å²) in [6.07, 6.45) is 2.77. The van der Waals surface area contributed by atoms with Crippen LogP contribution in [0.5, 0.6) is 11.5 Å². The molecule has 30 heavy (non-hydrogen) atoms. The van der Waals surface area contributed by atoms with Crippen LogP contribution in [0.3, 0.4) is 0 Å². The van der Waals surface area contributed by atoms with Crippen LogP contribution in [-0.4, -0.2) is 64.1 Å². The lowest BCUT2D eigenvalue weighted by atomic mass is 9.97. The van der Waals surface area contributed by atoms with Gasteiger partial charge < -0.3 is 28.4 Å². The van der Waals surface area contributed by atoms with E-state index in [2.05, 4.69) is 36.4 Å². The van der Waals surface area contributed by atoms with Gasteiger partial charge in [0.15, 0.2) is 0 Å². The number of epoxide rings is 3. The third-order valence-corrected chi connectivity index (χ3v) is 5.88. The zero-order chi connectivity index (χ0) is 19.9. The van der Waals surface area contributed by atoms with Gasteiger partial charge in [-0.25, -0.2) is 0 Å². The van der Waals surface area contributed by atoms with Crippen molar-refractivity contribution in [3.05, 3.63) is 47.5 Å². The molecular formula is C24H26O6. The Morgan fingerprint density at radius 3 is 1.80 bits per heavy atom. The van der Waals surface area contributed by atoms with Crippen molar-refractivity contribution in [2.75, 3.05) is 39.6 Å². The standard InChI is InChI=1S/C24H26O6/c1-3-23(29-14-21-13-28-21)17(7-19-11-26-19)5-15(1)16-2-4-24(30-22-9-25-10-22)18(6-16)8-20-12-27-20/h1-6,19-22H,7-14H2. The molecule has 158 valence electrons. The van der Waals surface area contributed by atoms with E-state index in [-0.39, 0.29) is 12.2 Å². The summed E-state index contributed by atoms with van der Waals surface area (Å²) >= 11 is 0. The monoisotopic (exact) mass is 410 g/mol. The first kappa shape index (κ1) is 18.6. The van der Waals surface area contributed by atoms with Gasteiger partial charge in [-0.15, -0.1) is 0 Å². The van der Waals surface area contributed by atoms with Crippen LogP contribution in [0.1, 0.15) is 11.1 Å². The first-order valence-corrected chi connectivity index (χ1v) is 10.8. The third-order valence-electron chi connectivity index (χ3n) is 5.88. The molecule has 4 saturated heterocycles. The van der Waals surface area contributed by atoms with Gasteiger partial charge in [-0.3, -0.25) is 0 Å². The molecule has 0 spiro atoms. The summed E-state index contributed by atoms with van der Waals surface area (Å²) in [5, 5.41) is 0. The molecule has 0 aromatic heterocycles. The highest BCUT2D eigenvalue weighted by Crippen LogP contribution is 2.34. The summed E-state index contributed by atoms with van der Waals surface area (Å²) in [6, 6.07) is 12.9. The smallest absolute Gasteiger partial charge is 0.145 e. The van der Waals surface area contributed by atoms with E-state index in [1.807, 2.05) is 0 Å². The van der Waals surface area contributed by atoms with Crippen LogP contribution in [0, 0.1) is 0 Å². The minimum absolute atomic E-state index is 0.159. The summed E-state index contributed by atoms with van der Waals surface area (Å²) < 4.78 is 33.6. The maximum Gasteiger partial charge on any atom is 0.145 e. The van der Waals surface area contributed by atoms with Crippen molar-refractivity contribution in [2.45, 2.75) is 37.3 Å². The number of hydrogen-bond acceptors (Lipinski definition) is 6. The van der Waals surface area contributed by atoms with Gasteiger partial charge in [-0.2, -0.15) is 0 Å². The van der Waals surface area contributed by atoms with Crippen molar-refractivity contribution in [3.8, 4) is 22.6 Å². The second-order valence-corrected chi connectivity index (χ2v) is 8.51. The van der Waals surface area contributed by atoms with Gasteiger partial charge in [0.1, 0.15) is 30.3 Å². The van der Waals surface area contributed by atoms with E-state index in [0.717, 1.165) is 44.2 Å². The predicted molar refractivity (Wildman–Crippen MR) is 109 cm³/mol. The summed E-state index contributed by atoms with van der Waals surface area (Å²) in [4.78, 5) is 0. The van der Waals surface area contributed by atoms with Crippen LogP contribution in [-0.2, 0) is 31.8 Å². The lowest BCUT2D eigenvalue weighted by Gasteiger charge is -2.28. The number of hydrogen-bond donors (Lipinski definition) is 0. The average Bonchev–Trinajstić information content (AvgIpc) is 3.57.